The van der Waals surface area contributed by atoms with Crippen LogP contribution in [0.1, 0.15) is 18.5 Å². The van der Waals surface area contributed by atoms with Gasteiger partial charge in [0.15, 0.2) is 0 Å². The molecule has 16 heavy (non-hydrogen) atoms. The molecule has 0 aliphatic carbocycles. The Balaban J connectivity index is 1.88. The fraction of sp³-hybridized carbons (Fsp3) is 0.636. The lowest BCUT2D eigenvalue weighted by molar-refractivity contribution is 0.392. The zero-order valence-electron chi connectivity index (χ0n) is 9.46. The lowest BCUT2D eigenvalue weighted by Crippen LogP contribution is -2.33. The second kappa shape index (κ2) is 5.46. The third-order valence-corrected chi connectivity index (χ3v) is 2.97. The summed E-state index contributed by atoms with van der Waals surface area (Å²) in [6.07, 6.45) is 2.54. The SMILES string of the molecule is Cc1cc(NC[C@@H]2CCCNC2)nc(Cl)n1. The molecule has 4 nitrogen and oxygen atoms in total. The first-order valence-electron chi connectivity index (χ1n) is 5.70. The number of aryl methyl sites for hydroxylation is 1. The van der Waals surface area contributed by atoms with Crippen LogP contribution in [-0.2, 0) is 0 Å². The number of hydrogen-bond donors (Lipinski definition) is 2. The molecule has 0 aromatic carbocycles. The van der Waals surface area contributed by atoms with Crippen molar-refractivity contribution in [3.63, 3.8) is 0 Å². The molecule has 0 radical (unpaired) electrons. The Morgan fingerprint density at radius 2 is 2.44 bits per heavy atom. The number of rotatable bonds is 3. The van der Waals surface area contributed by atoms with Crippen LogP contribution in [0.25, 0.3) is 0 Å². The second-order valence-electron chi connectivity index (χ2n) is 4.26. The minimum atomic E-state index is 0.310. The van der Waals surface area contributed by atoms with Gasteiger partial charge in [-0.05, 0) is 50.4 Å². The van der Waals surface area contributed by atoms with E-state index >= 15 is 0 Å². The normalized spacial score (nSPS) is 20.8. The monoisotopic (exact) mass is 240 g/mol. The largest absolute Gasteiger partial charge is 0.370 e. The quantitative estimate of drug-likeness (QED) is 0.792. The van der Waals surface area contributed by atoms with Crippen molar-refractivity contribution in [3.05, 3.63) is 17.0 Å². The number of nitrogens with one attached hydrogen (secondary N) is 2. The van der Waals surface area contributed by atoms with Crippen molar-refractivity contribution in [1.82, 2.24) is 15.3 Å². The summed E-state index contributed by atoms with van der Waals surface area (Å²) in [5.41, 5.74) is 0.893. The van der Waals surface area contributed by atoms with Gasteiger partial charge in [0.05, 0.1) is 0 Å². The zero-order chi connectivity index (χ0) is 11.4. The first kappa shape index (κ1) is 11.6. The van der Waals surface area contributed by atoms with Gasteiger partial charge in [-0.15, -0.1) is 0 Å². The first-order valence-corrected chi connectivity index (χ1v) is 6.07. The summed E-state index contributed by atoms with van der Waals surface area (Å²) in [6, 6.07) is 1.92. The van der Waals surface area contributed by atoms with Crippen LogP contribution in [0.5, 0.6) is 0 Å². The summed E-state index contributed by atoms with van der Waals surface area (Å²) < 4.78 is 0. The molecule has 1 aromatic rings. The molecule has 5 heteroatoms. The Morgan fingerprint density at radius 3 is 3.12 bits per heavy atom. The van der Waals surface area contributed by atoms with Gasteiger partial charge in [-0.1, -0.05) is 0 Å². The Morgan fingerprint density at radius 1 is 1.56 bits per heavy atom. The van der Waals surface area contributed by atoms with E-state index in [-0.39, 0.29) is 0 Å². The summed E-state index contributed by atoms with van der Waals surface area (Å²) in [5.74, 6) is 1.51. The van der Waals surface area contributed by atoms with E-state index in [1.165, 1.54) is 12.8 Å². The number of halogens is 1. The highest BCUT2D eigenvalue weighted by atomic mass is 35.5. The van der Waals surface area contributed by atoms with E-state index in [4.69, 9.17) is 11.6 Å². The van der Waals surface area contributed by atoms with Crippen LogP contribution < -0.4 is 10.6 Å². The molecule has 0 bridgehead atoms. The summed E-state index contributed by atoms with van der Waals surface area (Å²) in [5, 5.41) is 7.03. The molecule has 2 N–H and O–H groups in total. The smallest absolute Gasteiger partial charge is 0.224 e. The fourth-order valence-corrected chi connectivity index (χ4v) is 2.19. The van der Waals surface area contributed by atoms with Crippen LogP contribution in [0, 0.1) is 12.8 Å². The third kappa shape index (κ3) is 3.32. The molecule has 88 valence electrons. The van der Waals surface area contributed by atoms with Crippen molar-refractivity contribution in [2.45, 2.75) is 19.8 Å². The fourth-order valence-electron chi connectivity index (χ4n) is 1.97. The zero-order valence-corrected chi connectivity index (χ0v) is 10.2. The van der Waals surface area contributed by atoms with Crippen LogP contribution in [0.15, 0.2) is 6.07 Å². The number of hydrogen-bond acceptors (Lipinski definition) is 4. The molecule has 0 amide bonds. The third-order valence-electron chi connectivity index (χ3n) is 2.80. The minimum Gasteiger partial charge on any atom is -0.370 e. The second-order valence-corrected chi connectivity index (χ2v) is 4.59. The standard InChI is InChI=1S/C11H17ClN4/c1-8-5-10(16-11(12)15-8)14-7-9-3-2-4-13-6-9/h5,9,13H,2-4,6-7H2,1H3,(H,14,15,16)/t9-/m1/s1. The summed E-state index contributed by atoms with van der Waals surface area (Å²) in [7, 11) is 0. The van der Waals surface area contributed by atoms with Crippen LogP contribution in [0.2, 0.25) is 5.28 Å². The van der Waals surface area contributed by atoms with Crippen LogP contribution in [0.3, 0.4) is 0 Å². The Bertz CT molecular complexity index is 330. The van der Waals surface area contributed by atoms with Crippen LogP contribution in [-0.4, -0.2) is 29.6 Å². The van der Waals surface area contributed by atoms with Gasteiger partial charge in [0.2, 0.25) is 5.28 Å². The number of nitrogens with zero attached hydrogens (tertiary/aromatic N) is 2. The van der Waals surface area contributed by atoms with E-state index in [1.807, 2.05) is 13.0 Å². The van der Waals surface area contributed by atoms with Crippen molar-refractivity contribution in [2.75, 3.05) is 25.0 Å². The average Bonchev–Trinajstić information content (AvgIpc) is 2.27. The van der Waals surface area contributed by atoms with Crippen LogP contribution >= 0.6 is 11.6 Å². The topological polar surface area (TPSA) is 49.8 Å². The van der Waals surface area contributed by atoms with Gasteiger partial charge in [0.1, 0.15) is 5.82 Å². The molecule has 0 saturated carbocycles. The highest BCUT2D eigenvalue weighted by Crippen LogP contribution is 2.13. The molecule has 1 aliphatic rings. The van der Waals surface area contributed by atoms with Gasteiger partial charge in [0, 0.05) is 18.3 Å². The summed E-state index contributed by atoms with van der Waals surface area (Å²) >= 11 is 5.80. The van der Waals surface area contributed by atoms with Crippen LogP contribution in [0.4, 0.5) is 5.82 Å². The summed E-state index contributed by atoms with van der Waals surface area (Å²) in [4.78, 5) is 8.17. The molecule has 1 fully saturated rings. The lowest BCUT2D eigenvalue weighted by Gasteiger charge is -2.23. The molecule has 0 unspecified atom stereocenters. The van der Waals surface area contributed by atoms with Gasteiger partial charge in [-0.2, -0.15) is 0 Å². The van der Waals surface area contributed by atoms with Gasteiger partial charge >= 0.3 is 0 Å². The maximum Gasteiger partial charge on any atom is 0.224 e. The first-order chi connectivity index (χ1) is 7.74. The van der Waals surface area contributed by atoms with Crippen molar-refractivity contribution >= 4 is 17.4 Å². The molecular formula is C11H17ClN4. The van der Waals surface area contributed by atoms with E-state index < -0.39 is 0 Å². The highest BCUT2D eigenvalue weighted by molar-refractivity contribution is 6.28. The molecule has 1 aliphatic heterocycles. The molecule has 1 atom stereocenters. The lowest BCUT2D eigenvalue weighted by atomic mass is 10.00. The van der Waals surface area contributed by atoms with Gasteiger partial charge < -0.3 is 10.6 Å². The van der Waals surface area contributed by atoms with Crippen molar-refractivity contribution in [3.8, 4) is 0 Å². The maximum atomic E-state index is 5.80. The Hall–Kier alpha value is -0.870. The minimum absolute atomic E-state index is 0.310. The number of piperidine rings is 1. The Kier molecular flexibility index (Phi) is 3.96. The predicted molar refractivity (Wildman–Crippen MR) is 65.9 cm³/mol. The molecule has 1 aromatic heterocycles. The number of aromatic nitrogens is 2. The van der Waals surface area contributed by atoms with Crippen molar-refractivity contribution in [2.24, 2.45) is 5.92 Å². The van der Waals surface area contributed by atoms with Crippen molar-refractivity contribution < 1.29 is 0 Å². The maximum absolute atomic E-state index is 5.80. The van der Waals surface area contributed by atoms with E-state index in [9.17, 15) is 0 Å². The average molecular weight is 241 g/mol. The predicted octanol–water partition coefficient (Wildman–Crippen LogP) is 1.85. The Labute approximate surface area is 101 Å². The molecule has 0 spiro atoms. The molecule has 2 heterocycles. The van der Waals surface area contributed by atoms with E-state index in [0.29, 0.717) is 11.2 Å². The summed E-state index contributed by atoms with van der Waals surface area (Å²) in [6.45, 7) is 5.10. The molecule has 1 saturated heterocycles. The van der Waals surface area contributed by atoms with E-state index in [2.05, 4.69) is 20.6 Å². The molecule has 2 rings (SSSR count). The molecular weight excluding hydrogens is 224 g/mol. The van der Waals surface area contributed by atoms with Crippen molar-refractivity contribution in [1.29, 1.82) is 0 Å². The van der Waals surface area contributed by atoms with Gasteiger partial charge in [0.25, 0.3) is 0 Å². The van der Waals surface area contributed by atoms with E-state index in [0.717, 1.165) is 31.1 Å². The highest BCUT2D eigenvalue weighted by Gasteiger charge is 2.12. The van der Waals surface area contributed by atoms with E-state index in [1.54, 1.807) is 0 Å². The van der Waals surface area contributed by atoms with Gasteiger partial charge in [-0.25, -0.2) is 9.97 Å². The number of anilines is 1. The van der Waals surface area contributed by atoms with Gasteiger partial charge in [-0.3, -0.25) is 0 Å².